The molecule has 6 N–H and O–H groups in total. The second-order valence-electron chi connectivity index (χ2n) is 7.07. The number of aliphatic hydroxyl groups is 1. The quantitative estimate of drug-likeness (QED) is 0.299. The third-order valence-corrected chi connectivity index (χ3v) is 5.13. The van der Waals surface area contributed by atoms with E-state index in [2.05, 4.69) is 5.32 Å². The van der Waals surface area contributed by atoms with Crippen LogP contribution in [0.2, 0.25) is 0 Å². The molecule has 148 valence electrons. The third-order valence-electron chi connectivity index (χ3n) is 5.13. The van der Waals surface area contributed by atoms with Gasteiger partial charge < -0.3 is 30.8 Å². The monoisotopic (exact) mass is 391 g/mol. The van der Waals surface area contributed by atoms with Crippen molar-refractivity contribution >= 4 is 17.8 Å². The first kappa shape index (κ1) is 18.7. The van der Waals surface area contributed by atoms with E-state index in [1.165, 1.54) is 18.2 Å². The molecule has 2 atom stereocenters. The second-order valence-corrected chi connectivity index (χ2v) is 7.07. The van der Waals surface area contributed by atoms with Crippen molar-refractivity contribution in [2.75, 3.05) is 5.32 Å². The molecule has 0 bridgehead atoms. The summed E-state index contributed by atoms with van der Waals surface area (Å²) >= 11 is 0. The average molecular weight is 391 g/mol. The molecule has 1 heterocycles. The van der Waals surface area contributed by atoms with Crippen LogP contribution >= 0.6 is 0 Å². The highest BCUT2D eigenvalue weighted by atomic mass is 16.3. The van der Waals surface area contributed by atoms with E-state index in [9.17, 15) is 25.5 Å². The first-order valence-corrected chi connectivity index (χ1v) is 9.21. The second kappa shape index (κ2) is 7.41. The number of rotatable bonds is 3. The van der Waals surface area contributed by atoms with Gasteiger partial charge in [0, 0.05) is 23.6 Å². The zero-order valence-corrected chi connectivity index (χ0v) is 15.4. The molecule has 0 spiro atoms. The fourth-order valence-corrected chi connectivity index (χ4v) is 3.62. The molecular weight excluding hydrogens is 370 g/mol. The molecule has 0 fully saturated rings. The van der Waals surface area contributed by atoms with Crippen molar-refractivity contribution in [1.29, 1.82) is 0 Å². The van der Waals surface area contributed by atoms with Crippen LogP contribution < -0.4 is 5.32 Å². The largest absolute Gasteiger partial charge is 0.507 e. The Morgan fingerprint density at radius 1 is 0.793 bits per heavy atom. The molecule has 1 aliphatic heterocycles. The van der Waals surface area contributed by atoms with Crippen molar-refractivity contribution in [2.24, 2.45) is 0 Å². The van der Waals surface area contributed by atoms with Crippen LogP contribution in [-0.4, -0.2) is 31.6 Å². The van der Waals surface area contributed by atoms with Crippen LogP contribution in [0.1, 0.15) is 28.3 Å². The highest BCUT2D eigenvalue weighted by Gasteiger charge is 2.32. The number of fused-ring (bicyclic) bond motifs is 1. The van der Waals surface area contributed by atoms with Crippen LogP contribution in [0.3, 0.4) is 0 Å². The maximum atomic E-state index is 10.6. The van der Waals surface area contributed by atoms with Crippen molar-refractivity contribution in [3.8, 4) is 23.0 Å². The lowest BCUT2D eigenvalue weighted by Crippen LogP contribution is -2.32. The summed E-state index contributed by atoms with van der Waals surface area (Å²) in [5, 5.41) is 53.9. The molecule has 3 aromatic carbocycles. The number of aliphatic hydroxyl groups excluding tert-OH is 1. The van der Waals surface area contributed by atoms with Gasteiger partial charge in [-0.1, -0.05) is 42.5 Å². The highest BCUT2D eigenvalue weighted by molar-refractivity contribution is 5.84. The van der Waals surface area contributed by atoms with Gasteiger partial charge in [-0.3, -0.25) is 0 Å². The lowest BCUT2D eigenvalue weighted by molar-refractivity contribution is 0.147. The number of nitrogens with one attached hydrogen (secondary N) is 1. The molecule has 0 saturated carbocycles. The van der Waals surface area contributed by atoms with E-state index >= 15 is 0 Å². The van der Waals surface area contributed by atoms with Gasteiger partial charge in [-0.15, -0.1) is 0 Å². The molecular formula is C23H21NO5. The van der Waals surface area contributed by atoms with Crippen molar-refractivity contribution in [2.45, 2.75) is 18.6 Å². The summed E-state index contributed by atoms with van der Waals surface area (Å²) < 4.78 is 0. The van der Waals surface area contributed by atoms with E-state index in [4.69, 9.17) is 0 Å². The molecule has 6 heteroatoms. The topological polar surface area (TPSA) is 113 Å². The standard InChI is InChI=1S/C23H21NO5/c25-17-9-7-14(10-20(17)28)22-21(29)11-16-19(27)12-18(26)15(23(16)24-22)8-6-13-4-2-1-3-5-13/h1-10,12,21-22,24-29H,11H2/b8-6+. The van der Waals surface area contributed by atoms with Crippen LogP contribution in [-0.2, 0) is 6.42 Å². The maximum Gasteiger partial charge on any atom is 0.157 e. The Morgan fingerprint density at radius 2 is 1.55 bits per heavy atom. The van der Waals surface area contributed by atoms with Gasteiger partial charge in [0.1, 0.15) is 11.5 Å². The van der Waals surface area contributed by atoms with Gasteiger partial charge in [-0.25, -0.2) is 0 Å². The summed E-state index contributed by atoms with van der Waals surface area (Å²) in [5.74, 6) is -0.732. The van der Waals surface area contributed by atoms with E-state index in [-0.39, 0.29) is 29.4 Å². The predicted octanol–water partition coefficient (Wildman–Crippen LogP) is 3.75. The first-order valence-electron chi connectivity index (χ1n) is 9.21. The summed E-state index contributed by atoms with van der Waals surface area (Å²) in [5.41, 5.74) is 3.02. The van der Waals surface area contributed by atoms with Gasteiger partial charge >= 0.3 is 0 Å². The van der Waals surface area contributed by atoms with E-state index in [1.54, 1.807) is 12.1 Å². The zero-order valence-electron chi connectivity index (χ0n) is 15.4. The van der Waals surface area contributed by atoms with E-state index < -0.39 is 12.1 Å². The predicted molar refractivity (Wildman–Crippen MR) is 111 cm³/mol. The minimum Gasteiger partial charge on any atom is -0.507 e. The number of hydrogen-bond donors (Lipinski definition) is 6. The molecule has 0 saturated heterocycles. The SMILES string of the molecule is Oc1ccc(C2Nc3c(/C=C/c4ccccc4)c(O)cc(O)c3CC2O)cc1O. The van der Waals surface area contributed by atoms with Gasteiger partial charge in [-0.2, -0.15) is 0 Å². The fourth-order valence-electron chi connectivity index (χ4n) is 3.62. The molecule has 0 radical (unpaired) electrons. The number of aromatic hydroxyl groups is 4. The van der Waals surface area contributed by atoms with Crippen LogP contribution in [0.15, 0.2) is 54.6 Å². The lowest BCUT2D eigenvalue weighted by Gasteiger charge is -2.33. The van der Waals surface area contributed by atoms with Crippen molar-refractivity contribution < 1.29 is 25.5 Å². The maximum absolute atomic E-state index is 10.6. The number of phenols is 4. The molecule has 0 aromatic heterocycles. The summed E-state index contributed by atoms with van der Waals surface area (Å²) in [6, 6.07) is 14.6. The normalized spacial score (nSPS) is 18.4. The van der Waals surface area contributed by atoms with Crippen LogP contribution in [0.4, 0.5) is 5.69 Å². The summed E-state index contributed by atoms with van der Waals surface area (Å²) in [6.45, 7) is 0. The van der Waals surface area contributed by atoms with Gasteiger partial charge in [0.15, 0.2) is 11.5 Å². The van der Waals surface area contributed by atoms with Crippen molar-refractivity contribution in [3.05, 3.63) is 76.9 Å². The van der Waals surface area contributed by atoms with E-state index in [0.717, 1.165) is 5.56 Å². The number of hydrogen-bond acceptors (Lipinski definition) is 6. The molecule has 0 aliphatic carbocycles. The summed E-state index contributed by atoms with van der Waals surface area (Å²) in [6.07, 6.45) is 2.87. The number of benzene rings is 3. The molecule has 29 heavy (non-hydrogen) atoms. The molecule has 2 unspecified atom stereocenters. The van der Waals surface area contributed by atoms with Crippen LogP contribution in [0.25, 0.3) is 12.2 Å². The van der Waals surface area contributed by atoms with Gasteiger partial charge in [0.2, 0.25) is 0 Å². The Bertz CT molecular complexity index is 1080. The van der Waals surface area contributed by atoms with Gasteiger partial charge in [-0.05, 0) is 29.3 Å². The van der Waals surface area contributed by atoms with Crippen LogP contribution in [0.5, 0.6) is 23.0 Å². The lowest BCUT2D eigenvalue weighted by atomic mass is 9.88. The molecule has 0 amide bonds. The Kier molecular flexibility index (Phi) is 4.78. The first-order chi connectivity index (χ1) is 13.9. The highest BCUT2D eigenvalue weighted by Crippen LogP contribution is 2.44. The Morgan fingerprint density at radius 3 is 2.28 bits per heavy atom. The van der Waals surface area contributed by atoms with E-state index in [0.29, 0.717) is 22.4 Å². The van der Waals surface area contributed by atoms with Gasteiger partial charge in [0.05, 0.1) is 17.8 Å². The minimum atomic E-state index is -0.882. The van der Waals surface area contributed by atoms with Crippen molar-refractivity contribution in [1.82, 2.24) is 0 Å². The Hall–Kier alpha value is -3.64. The number of anilines is 1. The number of phenolic OH excluding ortho intramolecular Hbond substituents is 4. The van der Waals surface area contributed by atoms with Crippen LogP contribution in [0, 0.1) is 0 Å². The van der Waals surface area contributed by atoms with Gasteiger partial charge in [0.25, 0.3) is 0 Å². The molecule has 1 aliphatic rings. The Balaban J connectivity index is 1.76. The summed E-state index contributed by atoms with van der Waals surface area (Å²) in [4.78, 5) is 0. The molecule has 4 rings (SSSR count). The smallest absolute Gasteiger partial charge is 0.157 e. The van der Waals surface area contributed by atoms with Crippen molar-refractivity contribution in [3.63, 3.8) is 0 Å². The molecule has 6 nitrogen and oxygen atoms in total. The average Bonchev–Trinajstić information content (AvgIpc) is 2.71. The zero-order chi connectivity index (χ0) is 20.5. The minimum absolute atomic E-state index is 0.0929. The third kappa shape index (κ3) is 3.58. The Labute approximate surface area is 167 Å². The van der Waals surface area contributed by atoms with E-state index in [1.807, 2.05) is 36.4 Å². The molecule has 3 aromatic rings. The summed E-state index contributed by atoms with van der Waals surface area (Å²) in [7, 11) is 0. The fraction of sp³-hybridized carbons (Fsp3) is 0.130.